The second-order valence-electron chi connectivity index (χ2n) is 8.39. The number of azide groups is 1. The number of fused-ring (bicyclic) bond motifs is 5. The fraction of sp³-hybridized carbons (Fsp3) is 0.591. The number of ether oxygens (including phenoxy) is 1. The minimum atomic E-state index is -0.0519. The number of hydrogen-bond donors (Lipinski definition) is 0. The molecule has 1 aromatic rings. The molecule has 0 bridgehead atoms. The highest BCUT2D eigenvalue weighted by Gasteiger charge is 2.54. The largest absolute Gasteiger partial charge is 0.490 e. The van der Waals surface area contributed by atoms with Crippen LogP contribution in [0.1, 0.15) is 56.1 Å². The zero-order chi connectivity index (χ0) is 18.9. The standard InChI is InChI=1S/C22H27N3O2/c1-22-11-10-18-17-7-5-16(27-13-3-2-12-24-25-23)14-15(17)4-6-19(18)20(22)8-9-21(22)26/h2-3,5,7,14,18-20H,4,6,8-13H2,1H3/b3-2+/t18-,19-,20+,22+/m1/s1. The highest BCUT2D eigenvalue weighted by molar-refractivity contribution is 5.87. The lowest BCUT2D eigenvalue weighted by molar-refractivity contribution is -0.129. The Bertz CT molecular complexity index is 812. The molecule has 0 unspecified atom stereocenters. The van der Waals surface area contributed by atoms with Gasteiger partial charge in [0.05, 0.1) is 0 Å². The number of aryl methyl sites for hydroxylation is 1. The molecule has 4 atom stereocenters. The average Bonchev–Trinajstić information content (AvgIpc) is 2.99. The van der Waals surface area contributed by atoms with E-state index in [4.69, 9.17) is 10.3 Å². The summed E-state index contributed by atoms with van der Waals surface area (Å²) in [6.07, 6.45) is 10.0. The minimum absolute atomic E-state index is 0.0519. The van der Waals surface area contributed by atoms with Gasteiger partial charge in [0.1, 0.15) is 18.1 Å². The number of hydrogen-bond acceptors (Lipinski definition) is 3. The van der Waals surface area contributed by atoms with Gasteiger partial charge < -0.3 is 4.74 Å². The van der Waals surface area contributed by atoms with Gasteiger partial charge in [-0.05, 0) is 78.6 Å². The van der Waals surface area contributed by atoms with Crippen LogP contribution in [0.25, 0.3) is 10.4 Å². The molecule has 1 aromatic carbocycles. The third-order valence-electron chi connectivity index (χ3n) is 7.17. The van der Waals surface area contributed by atoms with E-state index in [9.17, 15) is 4.79 Å². The summed E-state index contributed by atoms with van der Waals surface area (Å²) in [5, 5.41) is 3.46. The average molecular weight is 365 g/mol. The lowest BCUT2D eigenvalue weighted by Gasteiger charge is -2.48. The van der Waals surface area contributed by atoms with Crippen LogP contribution in [0.2, 0.25) is 0 Å². The van der Waals surface area contributed by atoms with Crippen molar-refractivity contribution in [3.8, 4) is 5.75 Å². The van der Waals surface area contributed by atoms with Crippen molar-refractivity contribution < 1.29 is 9.53 Å². The Kier molecular flexibility index (Phi) is 4.96. The maximum atomic E-state index is 12.4. The zero-order valence-corrected chi connectivity index (χ0v) is 15.9. The van der Waals surface area contributed by atoms with Crippen molar-refractivity contribution in [2.75, 3.05) is 13.2 Å². The summed E-state index contributed by atoms with van der Waals surface area (Å²) >= 11 is 0. The van der Waals surface area contributed by atoms with Gasteiger partial charge >= 0.3 is 0 Å². The van der Waals surface area contributed by atoms with Crippen LogP contribution in [0, 0.1) is 17.3 Å². The Morgan fingerprint density at radius 2 is 2.19 bits per heavy atom. The molecule has 0 spiro atoms. The van der Waals surface area contributed by atoms with Gasteiger partial charge in [-0.2, -0.15) is 0 Å². The van der Waals surface area contributed by atoms with Crippen molar-refractivity contribution in [1.29, 1.82) is 0 Å². The normalized spacial score (nSPS) is 31.7. The first-order chi connectivity index (χ1) is 13.1. The van der Waals surface area contributed by atoms with E-state index >= 15 is 0 Å². The molecule has 3 aliphatic rings. The predicted octanol–water partition coefficient (Wildman–Crippen LogP) is 5.36. The quantitative estimate of drug-likeness (QED) is 0.305. The molecule has 0 aromatic heterocycles. The first kappa shape index (κ1) is 18.1. The van der Waals surface area contributed by atoms with Gasteiger partial charge in [0.25, 0.3) is 0 Å². The molecule has 5 heteroatoms. The molecule has 0 amide bonds. The van der Waals surface area contributed by atoms with Gasteiger partial charge in [-0.15, -0.1) is 0 Å². The summed E-state index contributed by atoms with van der Waals surface area (Å²) in [7, 11) is 0. The third kappa shape index (κ3) is 3.25. The maximum absolute atomic E-state index is 12.4. The van der Waals surface area contributed by atoms with Crippen molar-refractivity contribution in [2.24, 2.45) is 22.4 Å². The van der Waals surface area contributed by atoms with Crippen LogP contribution >= 0.6 is 0 Å². The molecule has 4 rings (SSSR count). The summed E-state index contributed by atoms with van der Waals surface area (Å²) in [6.45, 7) is 3.06. The molecule has 0 heterocycles. The molecular weight excluding hydrogens is 338 g/mol. The molecule has 0 N–H and O–H groups in total. The lowest BCUT2D eigenvalue weighted by Crippen LogP contribution is -2.42. The van der Waals surface area contributed by atoms with Gasteiger partial charge in [-0.1, -0.05) is 30.3 Å². The Balaban J connectivity index is 1.45. The van der Waals surface area contributed by atoms with Gasteiger partial charge in [0.2, 0.25) is 0 Å². The fourth-order valence-electron chi connectivity index (χ4n) is 5.79. The molecule has 2 fully saturated rings. The van der Waals surface area contributed by atoms with E-state index in [2.05, 4.69) is 35.1 Å². The summed E-state index contributed by atoms with van der Waals surface area (Å²) in [5.41, 5.74) is 11.1. The Morgan fingerprint density at radius 3 is 3.04 bits per heavy atom. The Labute approximate surface area is 160 Å². The molecule has 3 aliphatic carbocycles. The molecule has 5 nitrogen and oxygen atoms in total. The van der Waals surface area contributed by atoms with E-state index in [1.165, 1.54) is 17.5 Å². The highest BCUT2D eigenvalue weighted by atomic mass is 16.5. The lowest BCUT2D eigenvalue weighted by atomic mass is 9.55. The van der Waals surface area contributed by atoms with E-state index in [1.54, 1.807) is 0 Å². The first-order valence-electron chi connectivity index (χ1n) is 10.1. The van der Waals surface area contributed by atoms with Crippen LogP contribution in [-0.2, 0) is 11.2 Å². The second-order valence-corrected chi connectivity index (χ2v) is 8.39. The number of rotatable bonds is 5. The summed E-state index contributed by atoms with van der Waals surface area (Å²) < 4.78 is 5.82. The molecule has 0 radical (unpaired) electrons. The zero-order valence-electron chi connectivity index (χ0n) is 15.9. The predicted molar refractivity (Wildman–Crippen MR) is 105 cm³/mol. The monoisotopic (exact) mass is 365 g/mol. The third-order valence-corrected chi connectivity index (χ3v) is 7.17. The number of carbonyl (C=O) groups excluding carboxylic acids is 1. The number of nitrogens with zero attached hydrogens (tertiary/aromatic N) is 3. The van der Waals surface area contributed by atoms with Crippen LogP contribution in [0.15, 0.2) is 35.5 Å². The second kappa shape index (κ2) is 7.40. The molecule has 0 saturated heterocycles. The van der Waals surface area contributed by atoms with E-state index in [-0.39, 0.29) is 5.41 Å². The van der Waals surface area contributed by atoms with Crippen LogP contribution in [0.5, 0.6) is 5.75 Å². The van der Waals surface area contributed by atoms with Crippen molar-refractivity contribution in [3.05, 3.63) is 51.9 Å². The maximum Gasteiger partial charge on any atom is 0.139 e. The Morgan fingerprint density at radius 1 is 1.30 bits per heavy atom. The minimum Gasteiger partial charge on any atom is -0.490 e. The highest BCUT2D eigenvalue weighted by Crippen LogP contribution is 2.59. The molecular formula is C22H27N3O2. The Hall–Kier alpha value is -2.26. The summed E-state index contributed by atoms with van der Waals surface area (Å²) in [4.78, 5) is 15.1. The van der Waals surface area contributed by atoms with E-state index in [1.807, 2.05) is 12.2 Å². The van der Waals surface area contributed by atoms with Gasteiger partial charge in [-0.25, -0.2) is 0 Å². The van der Waals surface area contributed by atoms with Crippen LogP contribution in [-0.4, -0.2) is 18.9 Å². The van der Waals surface area contributed by atoms with E-state index in [0.29, 0.717) is 36.7 Å². The number of carbonyl (C=O) groups is 1. The van der Waals surface area contributed by atoms with Gasteiger partial charge in [0.15, 0.2) is 0 Å². The van der Waals surface area contributed by atoms with Crippen LogP contribution in [0.4, 0.5) is 0 Å². The van der Waals surface area contributed by atoms with Crippen LogP contribution in [0.3, 0.4) is 0 Å². The van der Waals surface area contributed by atoms with Crippen LogP contribution < -0.4 is 4.74 Å². The number of Topliss-reactive ketones (excluding diaryl/α,β-unsaturated/α-hetero) is 1. The molecule has 142 valence electrons. The van der Waals surface area contributed by atoms with Crippen molar-refractivity contribution >= 4 is 5.78 Å². The van der Waals surface area contributed by atoms with E-state index < -0.39 is 0 Å². The van der Waals surface area contributed by atoms with Crippen molar-refractivity contribution in [1.82, 2.24) is 0 Å². The molecule has 0 aliphatic heterocycles. The van der Waals surface area contributed by atoms with E-state index in [0.717, 1.165) is 37.9 Å². The van der Waals surface area contributed by atoms with Crippen molar-refractivity contribution in [3.63, 3.8) is 0 Å². The molecule has 27 heavy (non-hydrogen) atoms. The SMILES string of the molecule is C[C@]12CC[C@@H]3c4ccc(OC/C=C/CN=[N+]=[N-])cc4CC[C@H]3[C@@H]1CCC2=O. The topological polar surface area (TPSA) is 75.1 Å². The summed E-state index contributed by atoms with van der Waals surface area (Å²) in [6, 6.07) is 6.53. The number of benzene rings is 1. The van der Waals surface area contributed by atoms with Gasteiger partial charge in [0, 0.05) is 23.3 Å². The smallest absolute Gasteiger partial charge is 0.139 e. The van der Waals surface area contributed by atoms with Gasteiger partial charge in [-0.3, -0.25) is 4.79 Å². The first-order valence-corrected chi connectivity index (χ1v) is 10.1. The molecule has 2 saturated carbocycles. The number of ketones is 1. The summed E-state index contributed by atoms with van der Waals surface area (Å²) in [5.74, 6) is 3.26. The fourth-order valence-corrected chi connectivity index (χ4v) is 5.79. The van der Waals surface area contributed by atoms with Crippen molar-refractivity contribution in [2.45, 2.75) is 51.4 Å².